The molecular weight excluding hydrogens is 228 g/mol. The first-order valence-corrected chi connectivity index (χ1v) is 6.60. The Hall–Kier alpha value is -1.36. The number of ether oxygens (including phenoxy) is 1. The minimum atomic E-state index is 0.407. The van der Waals surface area contributed by atoms with Gasteiger partial charge in [-0.25, -0.2) is 9.97 Å². The lowest BCUT2D eigenvalue weighted by molar-refractivity contribution is 0.178. The maximum Gasteiger partial charge on any atom is 0.158 e. The van der Waals surface area contributed by atoms with Crippen LogP contribution in [0.15, 0.2) is 6.07 Å². The van der Waals surface area contributed by atoms with Gasteiger partial charge in [-0.15, -0.1) is 0 Å². The third-order valence-corrected chi connectivity index (χ3v) is 3.36. The second-order valence-corrected chi connectivity index (χ2v) is 4.89. The Labute approximate surface area is 108 Å². The number of nitrogens with zero attached hydrogens (tertiary/aromatic N) is 3. The molecule has 1 fully saturated rings. The average molecular weight is 250 g/mol. The Bertz CT molecular complexity index is 397. The van der Waals surface area contributed by atoms with Gasteiger partial charge >= 0.3 is 0 Å². The largest absolute Gasteiger partial charge is 0.384 e. The van der Waals surface area contributed by atoms with Crippen LogP contribution in [-0.4, -0.2) is 30.2 Å². The zero-order valence-electron chi connectivity index (χ0n) is 11.2. The van der Waals surface area contributed by atoms with E-state index in [0.717, 1.165) is 24.8 Å². The van der Waals surface area contributed by atoms with E-state index >= 15 is 0 Å². The minimum Gasteiger partial charge on any atom is -0.384 e. The highest BCUT2D eigenvalue weighted by Crippen LogP contribution is 2.26. The number of hydrogen-bond donors (Lipinski definition) is 1. The Balaban J connectivity index is 2.08. The predicted molar refractivity (Wildman–Crippen MR) is 72.4 cm³/mol. The summed E-state index contributed by atoms with van der Waals surface area (Å²) >= 11 is 0. The van der Waals surface area contributed by atoms with E-state index in [4.69, 9.17) is 10.5 Å². The molecule has 1 unspecified atom stereocenters. The van der Waals surface area contributed by atoms with E-state index in [1.807, 2.05) is 6.07 Å². The number of nitrogens with two attached hydrogens (primary N) is 1. The minimum absolute atomic E-state index is 0.407. The molecule has 2 rings (SSSR count). The summed E-state index contributed by atoms with van der Waals surface area (Å²) < 4.78 is 5.06. The second kappa shape index (κ2) is 6.00. The zero-order chi connectivity index (χ0) is 13.0. The van der Waals surface area contributed by atoms with E-state index in [1.54, 1.807) is 7.11 Å². The van der Waals surface area contributed by atoms with E-state index in [2.05, 4.69) is 21.8 Å². The van der Waals surface area contributed by atoms with Crippen LogP contribution >= 0.6 is 0 Å². The van der Waals surface area contributed by atoms with Crippen LogP contribution in [-0.2, 0) is 11.3 Å². The van der Waals surface area contributed by atoms with Crippen LogP contribution in [0.2, 0.25) is 0 Å². The van der Waals surface area contributed by atoms with E-state index in [1.165, 1.54) is 19.3 Å². The molecule has 1 aliphatic heterocycles. The number of rotatable bonds is 5. The molecule has 0 spiro atoms. The molecule has 1 aliphatic rings. The molecule has 0 saturated carbocycles. The summed E-state index contributed by atoms with van der Waals surface area (Å²) in [6.07, 6.45) is 3.79. The van der Waals surface area contributed by atoms with Gasteiger partial charge in [0.25, 0.3) is 0 Å². The van der Waals surface area contributed by atoms with Crippen molar-refractivity contribution in [2.75, 3.05) is 30.8 Å². The van der Waals surface area contributed by atoms with Crippen LogP contribution < -0.4 is 10.6 Å². The van der Waals surface area contributed by atoms with Crippen molar-refractivity contribution >= 4 is 11.6 Å². The molecule has 5 heteroatoms. The fourth-order valence-electron chi connectivity index (χ4n) is 2.54. The number of nitrogen functional groups attached to an aromatic ring is 1. The van der Waals surface area contributed by atoms with E-state index in [9.17, 15) is 0 Å². The lowest BCUT2D eigenvalue weighted by Crippen LogP contribution is -2.22. The molecule has 0 bridgehead atoms. The summed E-state index contributed by atoms with van der Waals surface area (Å²) in [5.74, 6) is 2.91. The molecule has 100 valence electrons. The lowest BCUT2D eigenvalue weighted by Gasteiger charge is -2.18. The van der Waals surface area contributed by atoms with Gasteiger partial charge in [0.1, 0.15) is 18.2 Å². The van der Waals surface area contributed by atoms with Gasteiger partial charge in [0, 0.05) is 26.3 Å². The zero-order valence-corrected chi connectivity index (χ0v) is 11.2. The first-order valence-electron chi connectivity index (χ1n) is 6.60. The smallest absolute Gasteiger partial charge is 0.158 e. The highest BCUT2D eigenvalue weighted by molar-refractivity contribution is 5.47. The summed E-state index contributed by atoms with van der Waals surface area (Å²) in [6, 6.07) is 1.85. The SMILES string of the molecule is CCCC1CCN(c2cc(N)nc(COC)n2)C1. The van der Waals surface area contributed by atoms with Crippen LogP contribution in [0.5, 0.6) is 0 Å². The van der Waals surface area contributed by atoms with E-state index in [0.29, 0.717) is 18.2 Å². The Morgan fingerprint density at radius 2 is 2.33 bits per heavy atom. The number of methoxy groups -OCH3 is 1. The molecule has 18 heavy (non-hydrogen) atoms. The fraction of sp³-hybridized carbons (Fsp3) is 0.692. The van der Waals surface area contributed by atoms with Gasteiger partial charge in [0.05, 0.1) is 0 Å². The Kier molecular flexibility index (Phi) is 4.36. The number of hydrogen-bond acceptors (Lipinski definition) is 5. The maximum atomic E-state index is 5.82. The third-order valence-electron chi connectivity index (χ3n) is 3.36. The van der Waals surface area contributed by atoms with Gasteiger partial charge < -0.3 is 15.4 Å². The topological polar surface area (TPSA) is 64.3 Å². The maximum absolute atomic E-state index is 5.82. The predicted octanol–water partition coefficient (Wildman–Crippen LogP) is 1.83. The Morgan fingerprint density at radius 3 is 3.06 bits per heavy atom. The summed E-state index contributed by atoms with van der Waals surface area (Å²) in [5, 5.41) is 0. The molecule has 5 nitrogen and oxygen atoms in total. The van der Waals surface area contributed by atoms with Gasteiger partial charge in [-0.2, -0.15) is 0 Å². The monoisotopic (exact) mass is 250 g/mol. The molecular formula is C13H22N4O. The molecule has 0 radical (unpaired) electrons. The van der Waals surface area contributed by atoms with E-state index < -0.39 is 0 Å². The van der Waals surface area contributed by atoms with Gasteiger partial charge in [-0.1, -0.05) is 13.3 Å². The summed E-state index contributed by atoms with van der Waals surface area (Å²) in [4.78, 5) is 11.0. The summed E-state index contributed by atoms with van der Waals surface area (Å²) in [6.45, 7) is 4.79. The standard InChI is InChI=1S/C13H22N4O/c1-3-4-10-5-6-17(8-10)13-7-11(14)15-12(16-13)9-18-2/h7,10H,3-6,8-9H2,1-2H3,(H2,14,15,16). The first-order chi connectivity index (χ1) is 8.72. The molecule has 2 N–H and O–H groups in total. The Morgan fingerprint density at radius 1 is 1.50 bits per heavy atom. The normalized spacial score (nSPS) is 19.4. The average Bonchev–Trinajstić information content (AvgIpc) is 2.78. The van der Waals surface area contributed by atoms with Crippen LogP contribution in [0, 0.1) is 5.92 Å². The second-order valence-electron chi connectivity index (χ2n) is 4.89. The van der Waals surface area contributed by atoms with Crippen molar-refractivity contribution < 1.29 is 4.74 Å². The van der Waals surface area contributed by atoms with Crippen molar-refractivity contribution in [3.05, 3.63) is 11.9 Å². The van der Waals surface area contributed by atoms with Gasteiger partial charge in [0.2, 0.25) is 0 Å². The summed E-state index contributed by atoms with van der Waals surface area (Å²) in [5.41, 5.74) is 5.82. The van der Waals surface area contributed by atoms with Crippen molar-refractivity contribution in [1.29, 1.82) is 0 Å². The van der Waals surface area contributed by atoms with Crippen LogP contribution in [0.4, 0.5) is 11.6 Å². The van der Waals surface area contributed by atoms with Crippen molar-refractivity contribution in [3.63, 3.8) is 0 Å². The van der Waals surface area contributed by atoms with Crippen molar-refractivity contribution in [3.8, 4) is 0 Å². The van der Waals surface area contributed by atoms with Gasteiger partial charge in [-0.3, -0.25) is 0 Å². The molecule has 0 aromatic carbocycles. The van der Waals surface area contributed by atoms with Crippen LogP contribution in [0.3, 0.4) is 0 Å². The van der Waals surface area contributed by atoms with E-state index in [-0.39, 0.29) is 0 Å². The fourth-order valence-corrected chi connectivity index (χ4v) is 2.54. The van der Waals surface area contributed by atoms with Crippen molar-refractivity contribution in [1.82, 2.24) is 9.97 Å². The first kappa shape index (κ1) is 13.1. The van der Waals surface area contributed by atoms with Gasteiger partial charge in [0.15, 0.2) is 5.82 Å². The molecule has 1 atom stereocenters. The molecule has 1 saturated heterocycles. The quantitative estimate of drug-likeness (QED) is 0.863. The molecule has 1 aromatic heterocycles. The van der Waals surface area contributed by atoms with Crippen molar-refractivity contribution in [2.45, 2.75) is 32.8 Å². The van der Waals surface area contributed by atoms with Crippen molar-refractivity contribution in [2.24, 2.45) is 5.92 Å². The third kappa shape index (κ3) is 3.10. The number of anilines is 2. The summed E-state index contributed by atoms with van der Waals surface area (Å²) in [7, 11) is 1.64. The lowest BCUT2D eigenvalue weighted by atomic mass is 10.0. The van der Waals surface area contributed by atoms with Gasteiger partial charge in [-0.05, 0) is 18.8 Å². The molecule has 2 heterocycles. The van der Waals surface area contributed by atoms with Crippen LogP contribution in [0.1, 0.15) is 32.0 Å². The molecule has 0 amide bonds. The van der Waals surface area contributed by atoms with Crippen LogP contribution in [0.25, 0.3) is 0 Å². The molecule has 0 aliphatic carbocycles. The molecule has 1 aromatic rings. The highest BCUT2D eigenvalue weighted by atomic mass is 16.5. The number of aromatic nitrogens is 2. The highest BCUT2D eigenvalue weighted by Gasteiger charge is 2.23.